The van der Waals surface area contributed by atoms with Gasteiger partial charge in [-0.15, -0.1) is 0 Å². The van der Waals surface area contributed by atoms with Gasteiger partial charge in [-0.05, 0) is 30.5 Å². The summed E-state index contributed by atoms with van der Waals surface area (Å²) in [6.07, 6.45) is 1.34. The molecule has 2 heterocycles. The van der Waals surface area contributed by atoms with E-state index < -0.39 is 0 Å². The third kappa shape index (κ3) is 3.96. The number of fused-ring (bicyclic) bond motifs is 1. The Kier molecular flexibility index (Phi) is 5.37. The molecular formula is C24H21N5O2. The summed E-state index contributed by atoms with van der Waals surface area (Å²) in [6, 6.07) is 19.9. The number of benzene rings is 2. The van der Waals surface area contributed by atoms with Crippen molar-refractivity contribution in [2.75, 3.05) is 0 Å². The maximum atomic E-state index is 12.7. The molecule has 0 radical (unpaired) electrons. The number of H-pyrrole nitrogens is 1. The molecule has 1 atom stereocenters. The molecule has 7 nitrogen and oxygen atoms in total. The zero-order valence-electron chi connectivity index (χ0n) is 17.2. The number of aromatic amines is 1. The lowest BCUT2D eigenvalue weighted by molar-refractivity contribution is -0.121. The third-order valence-electron chi connectivity index (χ3n) is 5.32. The van der Waals surface area contributed by atoms with Crippen molar-refractivity contribution >= 4 is 11.6 Å². The minimum atomic E-state index is -0.376. The summed E-state index contributed by atoms with van der Waals surface area (Å²) in [4.78, 5) is 29.7. The number of carbonyl (C=O) groups is 1. The number of aryl methyl sites for hydroxylation is 1. The van der Waals surface area contributed by atoms with Crippen molar-refractivity contribution in [1.82, 2.24) is 19.9 Å². The number of rotatable bonds is 5. The van der Waals surface area contributed by atoms with E-state index in [-0.39, 0.29) is 35.1 Å². The van der Waals surface area contributed by atoms with Gasteiger partial charge in [-0.25, -0.2) is 9.50 Å². The molecule has 31 heavy (non-hydrogen) atoms. The molecule has 154 valence electrons. The second-order valence-corrected chi connectivity index (χ2v) is 7.39. The quantitative estimate of drug-likeness (QED) is 0.526. The van der Waals surface area contributed by atoms with Gasteiger partial charge in [0.15, 0.2) is 5.65 Å². The van der Waals surface area contributed by atoms with Gasteiger partial charge in [0.05, 0.1) is 12.5 Å². The number of hydrogen-bond acceptors (Lipinski definition) is 4. The number of hydrogen-bond donors (Lipinski definition) is 2. The Balaban J connectivity index is 1.49. The van der Waals surface area contributed by atoms with Crippen LogP contribution in [0.15, 0.2) is 65.6 Å². The number of amides is 1. The molecule has 2 aromatic heterocycles. The van der Waals surface area contributed by atoms with E-state index in [9.17, 15) is 9.59 Å². The van der Waals surface area contributed by atoms with Gasteiger partial charge in [0.1, 0.15) is 11.6 Å². The molecule has 0 bridgehead atoms. The first-order valence-corrected chi connectivity index (χ1v) is 9.92. The van der Waals surface area contributed by atoms with E-state index >= 15 is 0 Å². The molecule has 2 aromatic carbocycles. The van der Waals surface area contributed by atoms with Crippen LogP contribution >= 0.6 is 0 Å². The van der Waals surface area contributed by atoms with Gasteiger partial charge < -0.3 is 5.32 Å². The van der Waals surface area contributed by atoms with Crippen LogP contribution in [0, 0.1) is 18.3 Å². The molecule has 0 aliphatic rings. The summed E-state index contributed by atoms with van der Waals surface area (Å²) < 4.78 is 1.19. The second kappa shape index (κ2) is 8.28. The normalized spacial score (nSPS) is 11.8. The Morgan fingerprint density at radius 1 is 1.16 bits per heavy atom. The second-order valence-electron chi connectivity index (χ2n) is 7.39. The Morgan fingerprint density at radius 2 is 1.84 bits per heavy atom. The lowest BCUT2D eigenvalue weighted by Gasteiger charge is -2.15. The van der Waals surface area contributed by atoms with E-state index in [2.05, 4.69) is 27.5 Å². The standard InChI is InChI=1S/C24H21N5O2/c1-15(17-8-10-19(11-9-17)18-6-4-3-5-7-18)27-22(30)12-21-16(2)28-23-20(13-25)14-26-29(23)24(21)31/h3-11,14-15,26H,12H2,1-2H3,(H,27,30)/t15-/m0/s1. The Hall–Kier alpha value is -4.18. The zero-order chi connectivity index (χ0) is 22.0. The van der Waals surface area contributed by atoms with E-state index in [4.69, 9.17) is 5.26 Å². The summed E-state index contributed by atoms with van der Waals surface area (Å²) in [5.41, 5.74) is 4.12. The van der Waals surface area contributed by atoms with Crippen molar-refractivity contribution in [1.29, 1.82) is 5.26 Å². The van der Waals surface area contributed by atoms with E-state index in [1.807, 2.05) is 55.5 Å². The van der Waals surface area contributed by atoms with Crippen molar-refractivity contribution in [3.63, 3.8) is 0 Å². The zero-order valence-corrected chi connectivity index (χ0v) is 17.2. The predicted octanol–water partition coefficient (Wildman–Crippen LogP) is 3.29. The highest BCUT2D eigenvalue weighted by Crippen LogP contribution is 2.22. The van der Waals surface area contributed by atoms with Gasteiger partial charge in [-0.2, -0.15) is 5.26 Å². The van der Waals surface area contributed by atoms with Crippen molar-refractivity contribution in [3.05, 3.63) is 93.5 Å². The molecule has 0 fully saturated rings. The first-order chi connectivity index (χ1) is 15.0. The smallest absolute Gasteiger partial charge is 0.276 e. The predicted molar refractivity (Wildman–Crippen MR) is 117 cm³/mol. The van der Waals surface area contributed by atoms with Crippen LogP contribution in [0.25, 0.3) is 16.8 Å². The van der Waals surface area contributed by atoms with Crippen molar-refractivity contribution in [3.8, 4) is 17.2 Å². The molecule has 7 heteroatoms. The SMILES string of the molecule is Cc1nc2c(C#N)c[nH]n2c(=O)c1CC(=O)N[C@@H](C)c1ccc(-c2ccccc2)cc1. The van der Waals surface area contributed by atoms with Gasteiger partial charge in [0, 0.05) is 17.5 Å². The van der Waals surface area contributed by atoms with Gasteiger partial charge >= 0.3 is 0 Å². The van der Waals surface area contributed by atoms with Crippen LogP contribution in [-0.4, -0.2) is 20.5 Å². The Morgan fingerprint density at radius 3 is 2.52 bits per heavy atom. The minimum Gasteiger partial charge on any atom is -0.349 e. The number of nitrogens with one attached hydrogen (secondary N) is 2. The van der Waals surface area contributed by atoms with E-state index in [0.717, 1.165) is 16.7 Å². The number of nitriles is 1. The molecule has 0 unspecified atom stereocenters. The highest BCUT2D eigenvalue weighted by atomic mass is 16.2. The molecule has 0 saturated carbocycles. The van der Waals surface area contributed by atoms with Gasteiger partial charge in [0.2, 0.25) is 5.91 Å². The minimum absolute atomic E-state index is 0.0893. The molecule has 2 N–H and O–H groups in total. The molecule has 4 aromatic rings. The Labute approximate surface area is 179 Å². The Bertz CT molecular complexity index is 1350. The topological polar surface area (TPSA) is 103 Å². The fraction of sp³-hybridized carbons (Fsp3) is 0.167. The summed E-state index contributed by atoms with van der Waals surface area (Å²) in [7, 11) is 0. The number of aromatic nitrogens is 3. The molecule has 0 aliphatic carbocycles. The van der Waals surface area contributed by atoms with E-state index in [1.54, 1.807) is 6.92 Å². The summed E-state index contributed by atoms with van der Waals surface area (Å²) in [6.45, 7) is 3.57. The van der Waals surface area contributed by atoms with Crippen LogP contribution in [0.3, 0.4) is 0 Å². The fourth-order valence-electron chi connectivity index (χ4n) is 3.57. The van der Waals surface area contributed by atoms with Crippen LogP contribution in [0.4, 0.5) is 0 Å². The van der Waals surface area contributed by atoms with Crippen molar-refractivity contribution in [2.45, 2.75) is 26.3 Å². The summed E-state index contributed by atoms with van der Waals surface area (Å²) in [5, 5.41) is 14.8. The average Bonchev–Trinajstić information content (AvgIpc) is 3.20. The average molecular weight is 411 g/mol. The van der Waals surface area contributed by atoms with Crippen LogP contribution in [0.2, 0.25) is 0 Å². The monoisotopic (exact) mass is 411 g/mol. The first kappa shape index (κ1) is 20.1. The molecular weight excluding hydrogens is 390 g/mol. The number of nitrogens with zero attached hydrogens (tertiary/aromatic N) is 3. The first-order valence-electron chi connectivity index (χ1n) is 9.92. The lowest BCUT2D eigenvalue weighted by Crippen LogP contribution is -2.32. The van der Waals surface area contributed by atoms with E-state index in [0.29, 0.717) is 11.3 Å². The fourth-order valence-corrected chi connectivity index (χ4v) is 3.57. The molecule has 0 saturated heterocycles. The van der Waals surface area contributed by atoms with Crippen LogP contribution in [0.5, 0.6) is 0 Å². The third-order valence-corrected chi connectivity index (χ3v) is 5.32. The van der Waals surface area contributed by atoms with Crippen LogP contribution in [0.1, 0.15) is 35.3 Å². The molecule has 0 spiro atoms. The van der Waals surface area contributed by atoms with E-state index in [1.165, 1.54) is 10.7 Å². The van der Waals surface area contributed by atoms with Gasteiger partial charge in [-0.1, -0.05) is 54.6 Å². The molecule has 0 aliphatic heterocycles. The summed E-state index contributed by atoms with van der Waals surface area (Å²) in [5.74, 6) is -0.270. The molecule has 1 amide bonds. The maximum Gasteiger partial charge on any atom is 0.276 e. The highest BCUT2D eigenvalue weighted by Gasteiger charge is 2.18. The van der Waals surface area contributed by atoms with Crippen LogP contribution in [-0.2, 0) is 11.2 Å². The van der Waals surface area contributed by atoms with Gasteiger partial charge in [-0.3, -0.25) is 14.7 Å². The van der Waals surface area contributed by atoms with Crippen molar-refractivity contribution in [2.24, 2.45) is 0 Å². The lowest BCUT2D eigenvalue weighted by atomic mass is 10.0. The molecule has 4 rings (SSSR count). The van der Waals surface area contributed by atoms with Crippen LogP contribution < -0.4 is 10.9 Å². The largest absolute Gasteiger partial charge is 0.349 e. The van der Waals surface area contributed by atoms with Gasteiger partial charge in [0.25, 0.3) is 5.56 Å². The van der Waals surface area contributed by atoms with Crippen molar-refractivity contribution < 1.29 is 4.79 Å². The maximum absolute atomic E-state index is 12.7. The highest BCUT2D eigenvalue weighted by molar-refractivity contribution is 5.79. The number of carbonyl (C=O) groups excluding carboxylic acids is 1. The summed E-state index contributed by atoms with van der Waals surface area (Å²) >= 11 is 0.